The Hall–Kier alpha value is -2.33. The lowest BCUT2D eigenvalue weighted by molar-refractivity contribution is 0.116. The summed E-state index contributed by atoms with van der Waals surface area (Å²) < 4.78 is 0. The predicted molar refractivity (Wildman–Crippen MR) is 96.2 cm³/mol. The molecule has 1 aliphatic heterocycles. The highest BCUT2D eigenvalue weighted by Crippen LogP contribution is 2.26. The monoisotopic (exact) mass is 321 g/mol. The summed E-state index contributed by atoms with van der Waals surface area (Å²) in [6.45, 7) is 3.51. The van der Waals surface area contributed by atoms with Crippen LogP contribution in [0.5, 0.6) is 0 Å². The number of fused-ring (bicyclic) bond motifs is 1. The number of anilines is 1. The number of carbonyl (C=O) groups excluding carboxylic acids is 1. The second-order valence-corrected chi connectivity index (χ2v) is 6.65. The zero-order chi connectivity index (χ0) is 16.4. The van der Waals surface area contributed by atoms with E-state index in [1.54, 1.807) is 0 Å². The smallest absolute Gasteiger partial charge is 0.321 e. The quantitative estimate of drug-likeness (QED) is 0.923. The van der Waals surface area contributed by atoms with Crippen LogP contribution in [0.25, 0.3) is 0 Å². The van der Waals surface area contributed by atoms with Crippen molar-refractivity contribution in [1.29, 1.82) is 0 Å². The van der Waals surface area contributed by atoms with Crippen LogP contribution in [0.15, 0.2) is 54.6 Å². The molecule has 1 aliphatic carbocycles. The van der Waals surface area contributed by atoms with Gasteiger partial charge in [-0.25, -0.2) is 4.79 Å². The van der Waals surface area contributed by atoms with Crippen molar-refractivity contribution in [2.75, 3.05) is 31.5 Å². The maximum atomic E-state index is 12.4. The van der Waals surface area contributed by atoms with Gasteiger partial charge < -0.3 is 10.2 Å². The second kappa shape index (κ2) is 6.65. The first-order valence-electron chi connectivity index (χ1n) is 8.71. The van der Waals surface area contributed by atoms with Crippen molar-refractivity contribution in [3.8, 4) is 0 Å². The first-order valence-corrected chi connectivity index (χ1v) is 8.71. The van der Waals surface area contributed by atoms with Gasteiger partial charge >= 0.3 is 6.03 Å². The van der Waals surface area contributed by atoms with Crippen molar-refractivity contribution >= 4 is 11.7 Å². The number of benzene rings is 2. The van der Waals surface area contributed by atoms with Gasteiger partial charge in [-0.2, -0.15) is 0 Å². The fourth-order valence-electron chi connectivity index (χ4n) is 3.81. The molecule has 0 aromatic heterocycles. The highest BCUT2D eigenvalue weighted by Gasteiger charge is 2.30. The van der Waals surface area contributed by atoms with Crippen LogP contribution in [0.2, 0.25) is 0 Å². The molecule has 1 heterocycles. The Bertz CT molecular complexity index is 683. The third-order valence-corrected chi connectivity index (χ3v) is 5.17. The molecule has 4 nitrogen and oxygen atoms in total. The van der Waals surface area contributed by atoms with E-state index in [1.807, 2.05) is 35.2 Å². The van der Waals surface area contributed by atoms with Gasteiger partial charge in [0.15, 0.2) is 0 Å². The average Bonchev–Trinajstić information content (AvgIpc) is 3.07. The SMILES string of the molecule is O=C(Nc1ccccc1)N1CCN(C2Cc3ccccc3C2)CC1. The van der Waals surface area contributed by atoms with Crippen LogP contribution in [-0.2, 0) is 12.8 Å². The Labute approximate surface area is 143 Å². The third-order valence-electron chi connectivity index (χ3n) is 5.17. The summed E-state index contributed by atoms with van der Waals surface area (Å²) in [7, 11) is 0. The summed E-state index contributed by atoms with van der Waals surface area (Å²) in [6.07, 6.45) is 2.29. The third kappa shape index (κ3) is 3.15. The van der Waals surface area contributed by atoms with E-state index < -0.39 is 0 Å². The number of hydrogen-bond donors (Lipinski definition) is 1. The Morgan fingerprint density at radius 2 is 1.42 bits per heavy atom. The van der Waals surface area contributed by atoms with Crippen molar-refractivity contribution in [2.45, 2.75) is 18.9 Å². The van der Waals surface area contributed by atoms with Gasteiger partial charge in [-0.05, 0) is 36.1 Å². The first kappa shape index (κ1) is 15.2. The van der Waals surface area contributed by atoms with Gasteiger partial charge in [-0.15, -0.1) is 0 Å². The van der Waals surface area contributed by atoms with Gasteiger partial charge in [0.2, 0.25) is 0 Å². The molecule has 0 radical (unpaired) electrons. The molecule has 1 fully saturated rings. The summed E-state index contributed by atoms with van der Waals surface area (Å²) in [5.41, 5.74) is 3.84. The minimum Gasteiger partial charge on any atom is -0.322 e. The van der Waals surface area contributed by atoms with Crippen LogP contribution in [0.4, 0.5) is 10.5 Å². The Morgan fingerprint density at radius 3 is 2.04 bits per heavy atom. The van der Waals surface area contributed by atoms with E-state index in [1.165, 1.54) is 11.1 Å². The molecule has 1 N–H and O–H groups in total. The van der Waals surface area contributed by atoms with Crippen LogP contribution in [-0.4, -0.2) is 48.1 Å². The highest BCUT2D eigenvalue weighted by molar-refractivity contribution is 5.89. The van der Waals surface area contributed by atoms with Crippen LogP contribution < -0.4 is 5.32 Å². The molecule has 0 saturated carbocycles. The molecule has 2 aliphatic rings. The minimum absolute atomic E-state index is 0.00978. The molecule has 2 aromatic rings. The number of para-hydroxylation sites is 1. The molecule has 4 heteroatoms. The van der Waals surface area contributed by atoms with Gasteiger partial charge in [0, 0.05) is 37.9 Å². The molecule has 0 spiro atoms. The van der Waals surface area contributed by atoms with E-state index in [4.69, 9.17) is 0 Å². The summed E-state index contributed by atoms with van der Waals surface area (Å²) in [4.78, 5) is 16.8. The summed E-state index contributed by atoms with van der Waals surface area (Å²) >= 11 is 0. The van der Waals surface area contributed by atoms with E-state index in [-0.39, 0.29) is 6.03 Å². The minimum atomic E-state index is 0.00978. The molecular weight excluding hydrogens is 298 g/mol. The van der Waals surface area contributed by atoms with Crippen molar-refractivity contribution in [2.24, 2.45) is 0 Å². The van der Waals surface area contributed by atoms with Gasteiger partial charge in [0.05, 0.1) is 0 Å². The maximum absolute atomic E-state index is 12.4. The lowest BCUT2D eigenvalue weighted by Gasteiger charge is -2.38. The van der Waals surface area contributed by atoms with E-state index in [2.05, 4.69) is 34.5 Å². The normalized spacial score (nSPS) is 18.4. The number of amides is 2. The molecule has 124 valence electrons. The lowest BCUT2D eigenvalue weighted by atomic mass is 10.1. The topological polar surface area (TPSA) is 35.6 Å². The molecule has 0 bridgehead atoms. The van der Waals surface area contributed by atoms with Crippen LogP contribution in [0, 0.1) is 0 Å². The second-order valence-electron chi connectivity index (χ2n) is 6.65. The number of piperazine rings is 1. The number of urea groups is 1. The maximum Gasteiger partial charge on any atom is 0.321 e. The van der Waals surface area contributed by atoms with Crippen molar-refractivity contribution < 1.29 is 4.79 Å². The Kier molecular flexibility index (Phi) is 4.22. The number of carbonyl (C=O) groups is 1. The van der Waals surface area contributed by atoms with E-state index in [9.17, 15) is 4.79 Å². The standard InChI is InChI=1S/C20H23N3O/c24-20(21-18-8-2-1-3-9-18)23-12-10-22(11-13-23)19-14-16-6-4-5-7-17(16)15-19/h1-9,19H,10-15H2,(H,21,24). The van der Waals surface area contributed by atoms with E-state index >= 15 is 0 Å². The molecule has 0 atom stereocenters. The van der Waals surface area contributed by atoms with Gasteiger partial charge in [0.25, 0.3) is 0 Å². The number of rotatable bonds is 2. The fraction of sp³-hybridized carbons (Fsp3) is 0.350. The average molecular weight is 321 g/mol. The van der Waals surface area contributed by atoms with Gasteiger partial charge in [-0.1, -0.05) is 42.5 Å². The fourth-order valence-corrected chi connectivity index (χ4v) is 3.81. The van der Waals surface area contributed by atoms with E-state index in [0.29, 0.717) is 6.04 Å². The van der Waals surface area contributed by atoms with Crippen LogP contribution >= 0.6 is 0 Å². The van der Waals surface area contributed by atoms with Crippen molar-refractivity contribution in [3.63, 3.8) is 0 Å². The molecule has 2 aromatic carbocycles. The van der Waals surface area contributed by atoms with Crippen molar-refractivity contribution in [3.05, 3.63) is 65.7 Å². The van der Waals surface area contributed by atoms with Crippen LogP contribution in [0.3, 0.4) is 0 Å². The first-order chi connectivity index (χ1) is 11.8. The lowest BCUT2D eigenvalue weighted by Crippen LogP contribution is -2.53. The van der Waals surface area contributed by atoms with Crippen molar-refractivity contribution in [1.82, 2.24) is 9.80 Å². The Morgan fingerprint density at radius 1 is 0.833 bits per heavy atom. The Balaban J connectivity index is 1.30. The molecule has 1 saturated heterocycles. The largest absolute Gasteiger partial charge is 0.322 e. The van der Waals surface area contributed by atoms with Gasteiger partial charge in [0.1, 0.15) is 0 Å². The molecule has 0 unspecified atom stereocenters. The molecule has 24 heavy (non-hydrogen) atoms. The summed E-state index contributed by atoms with van der Waals surface area (Å²) in [5.74, 6) is 0. The summed E-state index contributed by atoms with van der Waals surface area (Å²) in [5, 5.41) is 2.98. The highest BCUT2D eigenvalue weighted by atomic mass is 16.2. The summed E-state index contributed by atoms with van der Waals surface area (Å²) in [6, 6.07) is 19.0. The number of nitrogens with zero attached hydrogens (tertiary/aromatic N) is 2. The zero-order valence-corrected chi connectivity index (χ0v) is 13.8. The molecule has 4 rings (SSSR count). The number of hydrogen-bond acceptors (Lipinski definition) is 2. The number of nitrogens with one attached hydrogen (secondary N) is 1. The van der Waals surface area contributed by atoms with Gasteiger partial charge in [-0.3, -0.25) is 4.90 Å². The van der Waals surface area contributed by atoms with Crippen LogP contribution in [0.1, 0.15) is 11.1 Å². The molecular formula is C20H23N3O. The predicted octanol–water partition coefficient (Wildman–Crippen LogP) is 3.00. The molecule has 2 amide bonds. The van der Waals surface area contributed by atoms with E-state index in [0.717, 1.165) is 44.7 Å². The zero-order valence-electron chi connectivity index (χ0n) is 13.8.